The van der Waals surface area contributed by atoms with E-state index in [0.29, 0.717) is 19.6 Å². The molecule has 6 nitrogen and oxygen atoms in total. The van der Waals surface area contributed by atoms with E-state index in [4.69, 9.17) is 4.74 Å². The Morgan fingerprint density at radius 1 is 1.29 bits per heavy atom. The van der Waals surface area contributed by atoms with Crippen LogP contribution in [-0.2, 0) is 14.3 Å². The largest absolute Gasteiger partial charge is 0.405 e. The SMILES string of the molecule is COCCCNC(=O)CN(C)[C@@H](C)C(=O)NCC(F)(F)F. The average Bonchev–Trinajstić information content (AvgIpc) is 2.39. The molecule has 0 aromatic heterocycles. The summed E-state index contributed by atoms with van der Waals surface area (Å²) in [5, 5.41) is 4.41. The van der Waals surface area contributed by atoms with Gasteiger partial charge in [0.1, 0.15) is 6.54 Å². The first-order valence-corrected chi connectivity index (χ1v) is 6.47. The second-order valence-electron chi connectivity index (χ2n) is 4.62. The second-order valence-corrected chi connectivity index (χ2v) is 4.62. The Hall–Kier alpha value is -1.35. The van der Waals surface area contributed by atoms with Crippen molar-refractivity contribution in [3.8, 4) is 0 Å². The molecular weight excluding hydrogens is 291 g/mol. The number of nitrogens with one attached hydrogen (secondary N) is 2. The van der Waals surface area contributed by atoms with E-state index < -0.39 is 24.7 Å². The first kappa shape index (κ1) is 19.7. The van der Waals surface area contributed by atoms with Crippen LogP contribution in [0.3, 0.4) is 0 Å². The van der Waals surface area contributed by atoms with Crippen molar-refractivity contribution in [2.24, 2.45) is 0 Å². The van der Waals surface area contributed by atoms with E-state index in [2.05, 4.69) is 5.32 Å². The number of amides is 2. The van der Waals surface area contributed by atoms with Crippen molar-refractivity contribution < 1.29 is 27.5 Å². The van der Waals surface area contributed by atoms with Crippen molar-refractivity contribution >= 4 is 11.8 Å². The summed E-state index contributed by atoms with van der Waals surface area (Å²) in [6.45, 7) is 0.937. The topological polar surface area (TPSA) is 70.7 Å². The molecule has 0 saturated carbocycles. The zero-order valence-corrected chi connectivity index (χ0v) is 12.4. The van der Waals surface area contributed by atoms with E-state index in [9.17, 15) is 22.8 Å². The lowest BCUT2D eigenvalue weighted by Gasteiger charge is -2.23. The minimum atomic E-state index is -4.45. The zero-order chi connectivity index (χ0) is 16.5. The molecule has 0 fully saturated rings. The lowest BCUT2D eigenvalue weighted by atomic mass is 10.2. The van der Waals surface area contributed by atoms with Gasteiger partial charge in [0.15, 0.2) is 0 Å². The quantitative estimate of drug-likeness (QED) is 0.594. The molecule has 0 spiro atoms. The van der Waals surface area contributed by atoms with Crippen LogP contribution in [0.4, 0.5) is 13.2 Å². The predicted octanol–water partition coefficient (Wildman–Crippen LogP) is 0.138. The number of halogens is 3. The van der Waals surface area contributed by atoms with E-state index in [1.54, 1.807) is 12.4 Å². The summed E-state index contributed by atoms with van der Waals surface area (Å²) >= 11 is 0. The molecular formula is C12H22F3N3O3. The molecule has 2 amide bonds. The van der Waals surface area contributed by atoms with Crippen molar-refractivity contribution in [3.05, 3.63) is 0 Å². The minimum Gasteiger partial charge on any atom is -0.385 e. The highest BCUT2D eigenvalue weighted by atomic mass is 19.4. The number of hydrogen-bond acceptors (Lipinski definition) is 4. The van der Waals surface area contributed by atoms with Crippen LogP contribution in [0.25, 0.3) is 0 Å². The molecule has 0 unspecified atom stereocenters. The molecule has 21 heavy (non-hydrogen) atoms. The van der Waals surface area contributed by atoms with Crippen molar-refractivity contribution in [2.75, 3.05) is 40.4 Å². The van der Waals surface area contributed by atoms with Crippen LogP contribution in [-0.4, -0.2) is 69.3 Å². The molecule has 1 atom stereocenters. The fraction of sp³-hybridized carbons (Fsp3) is 0.833. The molecule has 0 radical (unpaired) electrons. The van der Waals surface area contributed by atoms with Gasteiger partial charge in [-0.3, -0.25) is 14.5 Å². The van der Waals surface area contributed by atoms with Gasteiger partial charge >= 0.3 is 6.18 Å². The Morgan fingerprint density at radius 3 is 2.43 bits per heavy atom. The Labute approximate surface area is 122 Å². The van der Waals surface area contributed by atoms with Gasteiger partial charge in [-0.1, -0.05) is 0 Å². The summed E-state index contributed by atoms with van der Waals surface area (Å²) in [7, 11) is 3.05. The van der Waals surface area contributed by atoms with Crippen LogP contribution < -0.4 is 10.6 Å². The van der Waals surface area contributed by atoms with Gasteiger partial charge in [-0.2, -0.15) is 13.2 Å². The summed E-state index contributed by atoms with van der Waals surface area (Å²) in [6, 6.07) is -0.836. The van der Waals surface area contributed by atoms with Crippen molar-refractivity contribution in [3.63, 3.8) is 0 Å². The molecule has 0 heterocycles. The maximum absolute atomic E-state index is 12.0. The van der Waals surface area contributed by atoms with Crippen molar-refractivity contribution in [2.45, 2.75) is 25.6 Å². The third kappa shape index (κ3) is 10.1. The molecule has 0 aliphatic heterocycles. The summed E-state index contributed by atoms with van der Waals surface area (Å²) in [5.41, 5.74) is 0. The van der Waals surface area contributed by atoms with E-state index in [-0.39, 0.29) is 12.5 Å². The fourth-order valence-corrected chi connectivity index (χ4v) is 1.40. The van der Waals surface area contributed by atoms with Gasteiger partial charge in [0.25, 0.3) is 0 Å². The van der Waals surface area contributed by atoms with Crippen LogP contribution in [0.2, 0.25) is 0 Å². The first-order chi connectivity index (χ1) is 9.67. The molecule has 0 aromatic rings. The molecule has 0 aromatic carbocycles. The summed E-state index contributed by atoms with van der Waals surface area (Å²) in [6.07, 6.45) is -3.79. The summed E-state index contributed by atoms with van der Waals surface area (Å²) < 4.78 is 40.8. The van der Waals surface area contributed by atoms with E-state index in [0.717, 1.165) is 0 Å². The number of likely N-dealkylation sites (N-methyl/N-ethyl adjacent to an activating group) is 1. The van der Waals surface area contributed by atoms with Gasteiger partial charge in [-0.05, 0) is 20.4 Å². The summed E-state index contributed by atoms with van der Waals surface area (Å²) in [4.78, 5) is 24.4. The smallest absolute Gasteiger partial charge is 0.385 e. The Bertz CT molecular complexity index is 337. The number of rotatable bonds is 9. The third-order valence-corrected chi connectivity index (χ3v) is 2.74. The van der Waals surface area contributed by atoms with E-state index in [1.807, 2.05) is 0 Å². The maximum Gasteiger partial charge on any atom is 0.405 e. The average molecular weight is 313 g/mol. The minimum absolute atomic E-state index is 0.0758. The number of alkyl halides is 3. The van der Waals surface area contributed by atoms with E-state index >= 15 is 0 Å². The highest BCUT2D eigenvalue weighted by Crippen LogP contribution is 2.12. The molecule has 0 bridgehead atoms. The first-order valence-electron chi connectivity index (χ1n) is 6.47. The maximum atomic E-state index is 12.0. The second kappa shape index (κ2) is 9.56. The lowest BCUT2D eigenvalue weighted by molar-refractivity contribution is -0.141. The molecule has 0 aliphatic rings. The molecule has 2 N–H and O–H groups in total. The van der Waals surface area contributed by atoms with Gasteiger partial charge < -0.3 is 15.4 Å². The number of methoxy groups -OCH3 is 1. The van der Waals surface area contributed by atoms with Gasteiger partial charge in [-0.25, -0.2) is 0 Å². The molecule has 0 rings (SSSR count). The van der Waals surface area contributed by atoms with Crippen molar-refractivity contribution in [1.82, 2.24) is 15.5 Å². The van der Waals surface area contributed by atoms with Gasteiger partial charge in [0.2, 0.25) is 11.8 Å². The van der Waals surface area contributed by atoms with Crippen LogP contribution in [0.5, 0.6) is 0 Å². The molecule has 9 heteroatoms. The lowest BCUT2D eigenvalue weighted by Crippen LogP contribution is -2.48. The number of ether oxygens (including phenoxy) is 1. The van der Waals surface area contributed by atoms with Gasteiger partial charge in [0.05, 0.1) is 12.6 Å². The van der Waals surface area contributed by atoms with Crippen LogP contribution in [0.1, 0.15) is 13.3 Å². The van der Waals surface area contributed by atoms with Crippen LogP contribution >= 0.6 is 0 Å². The third-order valence-electron chi connectivity index (χ3n) is 2.74. The van der Waals surface area contributed by atoms with Gasteiger partial charge in [-0.15, -0.1) is 0 Å². The molecule has 0 aliphatic carbocycles. The number of hydrogen-bond donors (Lipinski definition) is 2. The van der Waals surface area contributed by atoms with Crippen LogP contribution in [0, 0.1) is 0 Å². The summed E-state index contributed by atoms with van der Waals surface area (Å²) in [5.74, 6) is -1.08. The highest BCUT2D eigenvalue weighted by molar-refractivity contribution is 5.83. The number of nitrogens with zero attached hydrogens (tertiary/aromatic N) is 1. The predicted molar refractivity (Wildman–Crippen MR) is 70.7 cm³/mol. The van der Waals surface area contributed by atoms with E-state index in [1.165, 1.54) is 18.9 Å². The number of carbonyl (C=O) groups is 2. The Kier molecular flexibility index (Phi) is 8.95. The monoisotopic (exact) mass is 313 g/mol. The highest BCUT2D eigenvalue weighted by Gasteiger charge is 2.29. The molecule has 0 saturated heterocycles. The van der Waals surface area contributed by atoms with Crippen LogP contribution in [0.15, 0.2) is 0 Å². The Balaban J connectivity index is 4.05. The number of carbonyl (C=O) groups excluding carboxylic acids is 2. The van der Waals surface area contributed by atoms with Crippen molar-refractivity contribution in [1.29, 1.82) is 0 Å². The normalized spacial score (nSPS) is 13.1. The standard InChI is InChI=1S/C12H22F3N3O3/c1-9(11(20)17-8-12(13,14)15)18(2)7-10(19)16-5-4-6-21-3/h9H,4-8H2,1-3H3,(H,16,19)(H,17,20)/t9-/m0/s1. The zero-order valence-electron chi connectivity index (χ0n) is 12.4. The fourth-order valence-electron chi connectivity index (χ4n) is 1.40. The molecule has 124 valence electrons. The van der Waals surface area contributed by atoms with Gasteiger partial charge in [0, 0.05) is 20.3 Å². The Morgan fingerprint density at radius 2 is 1.90 bits per heavy atom.